The van der Waals surface area contributed by atoms with Crippen LogP contribution in [0.1, 0.15) is 5.56 Å². The molecule has 0 amide bonds. The molecule has 1 aromatic heterocycles. The van der Waals surface area contributed by atoms with Crippen molar-refractivity contribution in [3.05, 3.63) is 48.3 Å². The van der Waals surface area contributed by atoms with Gasteiger partial charge < -0.3 is 10.1 Å². The van der Waals surface area contributed by atoms with Gasteiger partial charge in [-0.1, -0.05) is 0 Å². The summed E-state index contributed by atoms with van der Waals surface area (Å²) in [6.07, 6.45) is 3.38. The normalized spacial score (nSPS) is 11.1. The van der Waals surface area contributed by atoms with E-state index < -0.39 is 10.0 Å². The number of aromatic nitrogens is 1. The molecule has 20 heavy (non-hydrogen) atoms. The summed E-state index contributed by atoms with van der Waals surface area (Å²) < 4.78 is 27.9. The lowest BCUT2D eigenvalue weighted by Crippen LogP contribution is -2.12. The van der Waals surface area contributed by atoms with Crippen molar-refractivity contribution < 1.29 is 13.2 Å². The van der Waals surface area contributed by atoms with Crippen LogP contribution in [0.5, 0.6) is 5.75 Å². The smallest absolute Gasteiger partial charge is 0.238 e. The van der Waals surface area contributed by atoms with Gasteiger partial charge in [0.05, 0.1) is 17.7 Å². The lowest BCUT2D eigenvalue weighted by molar-refractivity contribution is 0.416. The number of nitrogens with two attached hydrogens (primary N) is 1. The van der Waals surface area contributed by atoms with Crippen molar-refractivity contribution in [2.24, 2.45) is 5.14 Å². The number of nitrogens with one attached hydrogen (secondary N) is 1. The molecule has 0 fully saturated rings. The first kappa shape index (κ1) is 14.3. The maximum Gasteiger partial charge on any atom is 0.238 e. The number of pyridine rings is 1. The first-order chi connectivity index (χ1) is 9.50. The molecule has 3 N–H and O–H groups in total. The van der Waals surface area contributed by atoms with E-state index in [1.165, 1.54) is 19.2 Å². The van der Waals surface area contributed by atoms with Crippen LogP contribution >= 0.6 is 0 Å². The lowest BCUT2D eigenvalue weighted by Gasteiger charge is -2.12. The van der Waals surface area contributed by atoms with Gasteiger partial charge in [0, 0.05) is 18.9 Å². The quantitative estimate of drug-likeness (QED) is 0.867. The van der Waals surface area contributed by atoms with E-state index in [9.17, 15) is 8.42 Å². The average Bonchev–Trinajstić information content (AvgIpc) is 2.45. The van der Waals surface area contributed by atoms with Gasteiger partial charge in [0.1, 0.15) is 5.75 Å². The molecular weight excluding hydrogens is 278 g/mol. The summed E-state index contributed by atoms with van der Waals surface area (Å²) in [4.78, 5) is 3.97. The Balaban J connectivity index is 2.25. The van der Waals surface area contributed by atoms with Gasteiger partial charge >= 0.3 is 0 Å². The fraction of sp³-hybridized carbons (Fsp3) is 0.154. The number of sulfonamides is 1. The molecule has 0 aliphatic carbocycles. The molecule has 1 aromatic carbocycles. The number of hydrogen-bond acceptors (Lipinski definition) is 5. The summed E-state index contributed by atoms with van der Waals surface area (Å²) in [5, 5.41) is 8.24. The second-order valence-corrected chi connectivity index (χ2v) is 5.68. The minimum absolute atomic E-state index is 0.0375. The highest BCUT2D eigenvalue weighted by Gasteiger charge is 2.11. The van der Waals surface area contributed by atoms with Gasteiger partial charge in [-0.2, -0.15) is 0 Å². The molecule has 2 rings (SSSR count). The molecule has 0 aliphatic heterocycles. The summed E-state index contributed by atoms with van der Waals surface area (Å²) in [6.45, 7) is 0.521. The van der Waals surface area contributed by atoms with Crippen molar-refractivity contribution in [1.82, 2.24) is 4.98 Å². The summed E-state index contributed by atoms with van der Waals surface area (Å²) in [7, 11) is -2.22. The minimum atomic E-state index is -3.74. The van der Waals surface area contributed by atoms with Gasteiger partial charge in [-0.3, -0.25) is 4.98 Å². The van der Waals surface area contributed by atoms with Crippen molar-refractivity contribution in [1.29, 1.82) is 0 Å². The Kier molecular flexibility index (Phi) is 4.21. The number of nitrogens with zero attached hydrogens (tertiary/aromatic N) is 1. The molecule has 0 aliphatic rings. The van der Waals surface area contributed by atoms with E-state index in [2.05, 4.69) is 10.3 Å². The number of rotatable bonds is 5. The standard InChI is InChI=1S/C13H15N3O3S/c1-19-13-3-2-11(20(14,17)18)8-12(13)16-9-10-4-6-15-7-5-10/h2-8,16H,9H2,1H3,(H2,14,17,18). The maximum absolute atomic E-state index is 11.4. The van der Waals surface area contributed by atoms with Crippen molar-refractivity contribution in [3.63, 3.8) is 0 Å². The zero-order valence-corrected chi connectivity index (χ0v) is 11.7. The molecule has 0 unspecified atom stereocenters. The van der Waals surface area contributed by atoms with E-state index in [0.717, 1.165) is 5.56 Å². The van der Waals surface area contributed by atoms with E-state index in [-0.39, 0.29) is 4.90 Å². The predicted molar refractivity (Wildman–Crippen MR) is 75.9 cm³/mol. The highest BCUT2D eigenvalue weighted by molar-refractivity contribution is 7.89. The number of methoxy groups -OCH3 is 1. The molecule has 0 saturated carbocycles. The molecule has 106 valence electrons. The minimum Gasteiger partial charge on any atom is -0.495 e. The second kappa shape index (κ2) is 5.89. The van der Waals surface area contributed by atoms with E-state index in [4.69, 9.17) is 9.88 Å². The van der Waals surface area contributed by atoms with Gasteiger partial charge in [-0.25, -0.2) is 13.6 Å². The summed E-state index contributed by atoms with van der Waals surface area (Å²) in [5.41, 5.74) is 1.58. The van der Waals surface area contributed by atoms with Crippen LogP contribution in [0.25, 0.3) is 0 Å². The van der Waals surface area contributed by atoms with Crippen molar-refractivity contribution in [2.75, 3.05) is 12.4 Å². The van der Waals surface area contributed by atoms with Gasteiger partial charge in [0.25, 0.3) is 0 Å². The number of hydrogen-bond donors (Lipinski definition) is 2. The van der Waals surface area contributed by atoms with Crippen molar-refractivity contribution >= 4 is 15.7 Å². The Bertz CT molecular complexity index is 687. The van der Waals surface area contributed by atoms with Gasteiger partial charge in [-0.15, -0.1) is 0 Å². The van der Waals surface area contributed by atoms with Crippen LogP contribution in [0.4, 0.5) is 5.69 Å². The Hall–Kier alpha value is -2.12. The van der Waals surface area contributed by atoms with Gasteiger partial charge in [0.15, 0.2) is 0 Å². The maximum atomic E-state index is 11.4. The molecule has 1 heterocycles. The third-order valence-electron chi connectivity index (χ3n) is 2.73. The predicted octanol–water partition coefficient (Wildman–Crippen LogP) is 1.35. The van der Waals surface area contributed by atoms with Crippen LogP contribution in [0.15, 0.2) is 47.6 Å². The molecule has 2 aromatic rings. The molecule has 0 atom stereocenters. The lowest BCUT2D eigenvalue weighted by atomic mass is 10.2. The van der Waals surface area contributed by atoms with Gasteiger partial charge in [-0.05, 0) is 35.9 Å². The molecule has 0 spiro atoms. The molecule has 7 heteroatoms. The van der Waals surface area contributed by atoms with E-state index in [1.807, 2.05) is 12.1 Å². The first-order valence-electron chi connectivity index (χ1n) is 5.84. The van der Waals surface area contributed by atoms with Crippen LogP contribution < -0.4 is 15.2 Å². The van der Waals surface area contributed by atoms with Crippen LogP contribution in [0.2, 0.25) is 0 Å². The first-order valence-corrected chi connectivity index (χ1v) is 7.39. The highest BCUT2D eigenvalue weighted by atomic mass is 32.2. The summed E-state index contributed by atoms with van der Waals surface area (Å²) in [5.74, 6) is 0.548. The zero-order valence-electron chi connectivity index (χ0n) is 10.9. The van der Waals surface area contributed by atoms with Crippen molar-refractivity contribution in [2.45, 2.75) is 11.4 Å². The third-order valence-corrected chi connectivity index (χ3v) is 3.64. The molecule has 6 nitrogen and oxygen atoms in total. The van der Waals surface area contributed by atoms with E-state index in [1.54, 1.807) is 18.5 Å². The van der Waals surface area contributed by atoms with E-state index >= 15 is 0 Å². The number of primary sulfonamides is 1. The Morgan fingerprint density at radius 2 is 1.95 bits per heavy atom. The zero-order chi connectivity index (χ0) is 14.6. The number of anilines is 1. The fourth-order valence-electron chi connectivity index (χ4n) is 1.70. The summed E-state index contributed by atoms with van der Waals surface area (Å²) >= 11 is 0. The molecule has 0 bridgehead atoms. The highest BCUT2D eigenvalue weighted by Crippen LogP contribution is 2.27. The number of ether oxygens (including phenoxy) is 1. The Labute approximate surface area is 117 Å². The summed E-state index contributed by atoms with van der Waals surface area (Å²) in [6, 6.07) is 8.15. The third kappa shape index (κ3) is 3.46. The van der Waals surface area contributed by atoms with Crippen LogP contribution in [-0.4, -0.2) is 20.5 Å². The molecule has 0 radical (unpaired) electrons. The van der Waals surface area contributed by atoms with E-state index in [0.29, 0.717) is 18.0 Å². The van der Waals surface area contributed by atoms with Crippen LogP contribution in [-0.2, 0) is 16.6 Å². The fourth-order valence-corrected chi connectivity index (χ4v) is 2.24. The van der Waals surface area contributed by atoms with Crippen molar-refractivity contribution in [3.8, 4) is 5.75 Å². The van der Waals surface area contributed by atoms with Crippen LogP contribution in [0, 0.1) is 0 Å². The average molecular weight is 293 g/mol. The van der Waals surface area contributed by atoms with Gasteiger partial charge in [0.2, 0.25) is 10.0 Å². The second-order valence-electron chi connectivity index (χ2n) is 4.12. The Morgan fingerprint density at radius 3 is 2.55 bits per heavy atom. The largest absolute Gasteiger partial charge is 0.495 e. The molecule has 0 saturated heterocycles. The SMILES string of the molecule is COc1ccc(S(N)(=O)=O)cc1NCc1ccncc1. The monoisotopic (exact) mass is 293 g/mol. The molecular formula is C13H15N3O3S. The number of benzene rings is 1. The Morgan fingerprint density at radius 1 is 1.25 bits per heavy atom. The van der Waals surface area contributed by atoms with Crippen LogP contribution in [0.3, 0.4) is 0 Å². The topological polar surface area (TPSA) is 94.3 Å².